The van der Waals surface area contributed by atoms with Gasteiger partial charge in [0.05, 0.1) is 6.61 Å². The van der Waals surface area contributed by atoms with E-state index in [-0.39, 0.29) is 23.3 Å². The Morgan fingerprint density at radius 3 is 2.73 bits per heavy atom. The Balaban J connectivity index is 1.49. The second-order valence-corrected chi connectivity index (χ2v) is 7.28. The van der Waals surface area contributed by atoms with E-state index in [2.05, 4.69) is 9.97 Å². The molecule has 1 amide bonds. The zero-order chi connectivity index (χ0) is 17.9. The number of H-pyrrole nitrogens is 1. The lowest BCUT2D eigenvalue weighted by molar-refractivity contribution is 0.0739. The topological polar surface area (TPSA) is 75.3 Å². The molecule has 1 aliphatic heterocycles. The minimum absolute atomic E-state index is 0.0974. The van der Waals surface area contributed by atoms with Gasteiger partial charge in [-0.15, -0.1) is 0 Å². The van der Waals surface area contributed by atoms with Crippen LogP contribution in [0.1, 0.15) is 34.7 Å². The minimum atomic E-state index is -0.259. The Bertz CT molecular complexity index is 816. The molecule has 0 spiro atoms. The lowest BCUT2D eigenvalue weighted by atomic mass is 9.90. The van der Waals surface area contributed by atoms with Gasteiger partial charge in [0.1, 0.15) is 0 Å². The van der Waals surface area contributed by atoms with E-state index in [1.165, 1.54) is 30.7 Å². The number of hydrogen-bond donors (Lipinski definition) is 1. The van der Waals surface area contributed by atoms with Crippen LogP contribution in [0.2, 0.25) is 0 Å². The van der Waals surface area contributed by atoms with Gasteiger partial charge in [0, 0.05) is 61.8 Å². The highest BCUT2D eigenvalue weighted by Crippen LogP contribution is 2.34. The maximum absolute atomic E-state index is 12.8. The van der Waals surface area contributed by atoms with E-state index in [1.54, 1.807) is 18.5 Å². The van der Waals surface area contributed by atoms with Gasteiger partial charge in [0.25, 0.3) is 5.91 Å². The summed E-state index contributed by atoms with van der Waals surface area (Å²) in [5, 5.41) is 0. The molecule has 2 aromatic heterocycles. The van der Waals surface area contributed by atoms with Crippen molar-refractivity contribution in [3.8, 4) is 0 Å². The van der Waals surface area contributed by atoms with Crippen molar-refractivity contribution in [2.75, 3.05) is 26.3 Å². The van der Waals surface area contributed by atoms with Gasteiger partial charge in [-0.2, -0.15) is 0 Å². The van der Waals surface area contributed by atoms with Crippen LogP contribution >= 0.6 is 0 Å². The summed E-state index contributed by atoms with van der Waals surface area (Å²) in [4.78, 5) is 32.8. The molecule has 3 heterocycles. The van der Waals surface area contributed by atoms with Gasteiger partial charge in [-0.25, -0.2) is 0 Å². The molecule has 1 aliphatic carbocycles. The molecule has 1 saturated heterocycles. The van der Waals surface area contributed by atoms with E-state index < -0.39 is 0 Å². The van der Waals surface area contributed by atoms with Gasteiger partial charge in [-0.05, 0) is 42.5 Å². The van der Waals surface area contributed by atoms with Crippen molar-refractivity contribution in [1.82, 2.24) is 14.9 Å². The van der Waals surface area contributed by atoms with E-state index in [1.807, 2.05) is 17.0 Å². The molecule has 6 nitrogen and oxygen atoms in total. The molecule has 1 N–H and O–H groups in total. The summed E-state index contributed by atoms with van der Waals surface area (Å²) in [6.45, 7) is 2.75. The second-order valence-electron chi connectivity index (χ2n) is 7.28. The maximum atomic E-state index is 12.8. The van der Waals surface area contributed by atoms with Crippen LogP contribution < -0.4 is 5.56 Å². The van der Waals surface area contributed by atoms with Crippen LogP contribution in [-0.2, 0) is 4.74 Å². The molecular formula is C20H23N3O3. The lowest BCUT2D eigenvalue weighted by Gasteiger charge is -2.18. The van der Waals surface area contributed by atoms with Crippen LogP contribution in [0, 0.1) is 11.8 Å². The predicted molar refractivity (Wildman–Crippen MR) is 97.0 cm³/mol. The van der Waals surface area contributed by atoms with Gasteiger partial charge in [-0.3, -0.25) is 14.6 Å². The van der Waals surface area contributed by atoms with E-state index >= 15 is 0 Å². The normalized spacial score (nSPS) is 22.5. The maximum Gasteiger partial charge on any atom is 0.254 e. The molecule has 6 heteroatoms. The molecule has 1 saturated carbocycles. The number of aromatic nitrogens is 2. The quantitative estimate of drug-likeness (QED) is 0.862. The Morgan fingerprint density at radius 2 is 2.00 bits per heavy atom. The van der Waals surface area contributed by atoms with Gasteiger partial charge in [0.2, 0.25) is 5.56 Å². The van der Waals surface area contributed by atoms with Crippen molar-refractivity contribution < 1.29 is 9.53 Å². The van der Waals surface area contributed by atoms with Gasteiger partial charge in [0.15, 0.2) is 0 Å². The summed E-state index contributed by atoms with van der Waals surface area (Å²) in [7, 11) is 0. The number of ether oxygens (including phenoxy) is 1. The van der Waals surface area contributed by atoms with Crippen LogP contribution in [0.5, 0.6) is 0 Å². The standard InChI is InChI=1S/C20H23N3O3/c24-19-9-16(5-8-22-19)20(25)23-10-17(13-26-12-14-1-2-14)18(11-23)15-3-6-21-7-4-15/h3-9,14,17-18H,1-2,10-13H2,(H,22,24)/t17-,18-/m0/s1. The summed E-state index contributed by atoms with van der Waals surface area (Å²) in [5.74, 6) is 1.11. The molecule has 2 aliphatic rings. The number of aromatic amines is 1. The third-order valence-corrected chi connectivity index (χ3v) is 5.27. The van der Waals surface area contributed by atoms with E-state index in [4.69, 9.17) is 4.74 Å². The first-order chi connectivity index (χ1) is 12.7. The first-order valence-corrected chi connectivity index (χ1v) is 9.16. The summed E-state index contributed by atoms with van der Waals surface area (Å²) in [5.41, 5.74) is 1.35. The van der Waals surface area contributed by atoms with Crippen molar-refractivity contribution in [3.63, 3.8) is 0 Å². The molecule has 0 unspecified atom stereocenters. The van der Waals surface area contributed by atoms with Gasteiger partial charge < -0.3 is 14.6 Å². The number of pyridine rings is 2. The summed E-state index contributed by atoms with van der Waals surface area (Å²) in [6.07, 6.45) is 7.64. The van der Waals surface area contributed by atoms with Crippen molar-refractivity contribution in [2.45, 2.75) is 18.8 Å². The van der Waals surface area contributed by atoms with Crippen molar-refractivity contribution in [1.29, 1.82) is 0 Å². The highest BCUT2D eigenvalue weighted by Gasteiger charge is 2.37. The van der Waals surface area contributed by atoms with E-state index in [0.29, 0.717) is 25.3 Å². The number of nitrogens with one attached hydrogen (secondary N) is 1. The van der Waals surface area contributed by atoms with Crippen LogP contribution in [0.15, 0.2) is 47.7 Å². The zero-order valence-electron chi connectivity index (χ0n) is 14.6. The van der Waals surface area contributed by atoms with E-state index in [9.17, 15) is 9.59 Å². The molecular weight excluding hydrogens is 330 g/mol. The lowest BCUT2D eigenvalue weighted by Crippen LogP contribution is -2.30. The van der Waals surface area contributed by atoms with Crippen LogP contribution in [0.4, 0.5) is 0 Å². The SMILES string of the molecule is O=C(c1cc[nH]c(=O)c1)N1C[C@@H](COCC2CC2)[C@H](c2ccncc2)C1. The second kappa shape index (κ2) is 7.41. The number of rotatable bonds is 6. The van der Waals surface area contributed by atoms with Crippen molar-refractivity contribution >= 4 is 5.91 Å². The number of amides is 1. The van der Waals surface area contributed by atoms with Crippen LogP contribution in [0.25, 0.3) is 0 Å². The van der Waals surface area contributed by atoms with Gasteiger partial charge in [-0.1, -0.05) is 0 Å². The highest BCUT2D eigenvalue weighted by molar-refractivity contribution is 5.94. The summed E-state index contributed by atoms with van der Waals surface area (Å²) >= 11 is 0. The van der Waals surface area contributed by atoms with Crippen molar-refractivity contribution in [2.24, 2.45) is 11.8 Å². The fourth-order valence-corrected chi connectivity index (χ4v) is 3.63. The Hall–Kier alpha value is -2.47. The largest absolute Gasteiger partial charge is 0.381 e. The number of hydrogen-bond acceptors (Lipinski definition) is 4. The molecule has 0 bridgehead atoms. The Labute approximate surface area is 152 Å². The first-order valence-electron chi connectivity index (χ1n) is 9.16. The number of nitrogens with zero attached hydrogens (tertiary/aromatic N) is 2. The van der Waals surface area contributed by atoms with Gasteiger partial charge >= 0.3 is 0 Å². The Morgan fingerprint density at radius 1 is 1.19 bits per heavy atom. The summed E-state index contributed by atoms with van der Waals surface area (Å²) in [6, 6.07) is 7.04. The average molecular weight is 353 g/mol. The molecule has 2 aromatic rings. The molecule has 2 fully saturated rings. The zero-order valence-corrected chi connectivity index (χ0v) is 14.6. The average Bonchev–Trinajstić information content (AvgIpc) is 3.39. The van der Waals surface area contributed by atoms with Crippen LogP contribution in [-0.4, -0.2) is 47.1 Å². The number of carbonyl (C=O) groups excluding carboxylic acids is 1. The molecule has 136 valence electrons. The first kappa shape index (κ1) is 17.0. The van der Waals surface area contributed by atoms with E-state index in [0.717, 1.165) is 12.5 Å². The summed E-state index contributed by atoms with van der Waals surface area (Å²) < 4.78 is 5.94. The Kier molecular flexibility index (Phi) is 4.84. The fraction of sp³-hybridized carbons (Fsp3) is 0.450. The molecule has 26 heavy (non-hydrogen) atoms. The van der Waals surface area contributed by atoms with Crippen LogP contribution in [0.3, 0.4) is 0 Å². The number of likely N-dealkylation sites (tertiary alicyclic amines) is 1. The smallest absolute Gasteiger partial charge is 0.254 e. The third-order valence-electron chi connectivity index (χ3n) is 5.27. The molecule has 4 rings (SSSR count). The molecule has 0 aromatic carbocycles. The predicted octanol–water partition coefficient (Wildman–Crippen LogP) is 2.05. The fourth-order valence-electron chi connectivity index (χ4n) is 3.63. The van der Waals surface area contributed by atoms with Crippen molar-refractivity contribution in [3.05, 3.63) is 64.3 Å². The molecule has 0 radical (unpaired) electrons. The third kappa shape index (κ3) is 3.85. The highest BCUT2D eigenvalue weighted by atomic mass is 16.5. The number of carbonyl (C=O) groups is 1. The molecule has 2 atom stereocenters. The minimum Gasteiger partial charge on any atom is -0.381 e. The monoisotopic (exact) mass is 353 g/mol.